The van der Waals surface area contributed by atoms with Crippen molar-refractivity contribution in [2.24, 2.45) is 0 Å². The van der Waals surface area contributed by atoms with Crippen molar-refractivity contribution in [3.63, 3.8) is 0 Å². The smallest absolute Gasteiger partial charge is 0.415 e. The number of hydrogen-bond donors (Lipinski definition) is 0. The molecule has 2 fully saturated rings. The van der Waals surface area contributed by atoms with Gasteiger partial charge < -0.3 is 14.4 Å². The fourth-order valence-corrected chi connectivity index (χ4v) is 3.93. The van der Waals surface area contributed by atoms with Crippen LogP contribution in [0.25, 0.3) is 0 Å². The van der Waals surface area contributed by atoms with E-state index in [0.29, 0.717) is 12.6 Å². The molecule has 0 aliphatic carbocycles. The molecule has 4 heterocycles. The van der Waals surface area contributed by atoms with E-state index in [0.717, 1.165) is 25.2 Å². The van der Waals surface area contributed by atoms with Crippen LogP contribution in [0.5, 0.6) is 0 Å². The van der Waals surface area contributed by atoms with E-state index in [1.165, 1.54) is 11.3 Å². The summed E-state index contributed by atoms with van der Waals surface area (Å²) >= 11 is 0. The highest BCUT2D eigenvalue weighted by atomic mass is 16.6. The minimum atomic E-state index is -0.273. The van der Waals surface area contributed by atoms with Crippen LogP contribution in [0.15, 0.2) is 30.6 Å². The van der Waals surface area contributed by atoms with Crippen molar-refractivity contribution in [3.8, 4) is 0 Å². The Morgan fingerprint density at radius 1 is 1.36 bits per heavy atom. The van der Waals surface area contributed by atoms with Gasteiger partial charge in [0.05, 0.1) is 30.6 Å². The van der Waals surface area contributed by atoms with Crippen LogP contribution in [0.3, 0.4) is 0 Å². The van der Waals surface area contributed by atoms with Crippen molar-refractivity contribution in [1.82, 2.24) is 15.0 Å². The number of methoxy groups -OCH3 is 1. The number of benzene rings is 1. The van der Waals surface area contributed by atoms with Crippen molar-refractivity contribution in [2.75, 3.05) is 30.0 Å². The molecule has 3 aliphatic heterocycles. The Kier molecular flexibility index (Phi) is 3.21. The van der Waals surface area contributed by atoms with Crippen LogP contribution < -0.4 is 9.80 Å². The first-order chi connectivity index (χ1) is 12.2. The van der Waals surface area contributed by atoms with E-state index in [1.54, 1.807) is 29.1 Å². The summed E-state index contributed by atoms with van der Waals surface area (Å²) in [5, 5.41) is 7.79. The lowest BCUT2D eigenvalue weighted by molar-refractivity contribution is 0.0787. The highest BCUT2D eigenvalue weighted by molar-refractivity contribution is 5.94. The minimum absolute atomic E-state index is 0.0186. The quantitative estimate of drug-likeness (QED) is 0.828. The second-order valence-electron chi connectivity index (χ2n) is 6.76. The molecule has 130 valence electrons. The van der Waals surface area contributed by atoms with E-state index in [4.69, 9.17) is 9.47 Å². The topological polar surface area (TPSA) is 72.7 Å². The fourth-order valence-electron chi connectivity index (χ4n) is 3.93. The van der Waals surface area contributed by atoms with E-state index in [-0.39, 0.29) is 18.2 Å². The molecule has 1 aromatic heterocycles. The van der Waals surface area contributed by atoms with Crippen LogP contribution in [-0.4, -0.2) is 59.5 Å². The standard InChI is InChI=1S/C17H19N5O3/c1-24-13-8-20(9-13)12-2-3-14-11(6-12)7-15-16(25-17(23)22(14)15)10-21-5-4-18-19-21/h2-6,13,15-16H,7-10H2,1H3/t15-,16?/m0/s1. The largest absolute Gasteiger partial charge is 0.442 e. The maximum absolute atomic E-state index is 12.4. The number of cyclic esters (lactones) is 1. The van der Waals surface area contributed by atoms with Gasteiger partial charge in [0.2, 0.25) is 0 Å². The molecule has 5 rings (SSSR count). The zero-order valence-corrected chi connectivity index (χ0v) is 13.9. The normalized spacial score (nSPS) is 24.9. The molecule has 2 aromatic rings. The predicted octanol–water partition coefficient (Wildman–Crippen LogP) is 1.06. The van der Waals surface area contributed by atoms with Crippen LogP contribution >= 0.6 is 0 Å². The summed E-state index contributed by atoms with van der Waals surface area (Å²) in [5.41, 5.74) is 3.35. The first-order valence-electron chi connectivity index (χ1n) is 8.47. The van der Waals surface area contributed by atoms with E-state index in [1.807, 2.05) is 6.07 Å². The number of ether oxygens (including phenoxy) is 2. The number of anilines is 2. The lowest BCUT2D eigenvalue weighted by atomic mass is 10.0. The van der Waals surface area contributed by atoms with E-state index in [2.05, 4.69) is 27.3 Å². The molecule has 2 atom stereocenters. The van der Waals surface area contributed by atoms with E-state index >= 15 is 0 Å². The van der Waals surface area contributed by atoms with Crippen molar-refractivity contribution < 1.29 is 14.3 Å². The third kappa shape index (κ3) is 2.28. The summed E-state index contributed by atoms with van der Waals surface area (Å²) in [7, 11) is 1.75. The van der Waals surface area contributed by atoms with Crippen LogP contribution in [0.1, 0.15) is 5.56 Å². The Morgan fingerprint density at radius 2 is 2.24 bits per heavy atom. The molecule has 1 aromatic carbocycles. The average Bonchev–Trinajstić information content (AvgIpc) is 3.25. The number of aromatic nitrogens is 3. The van der Waals surface area contributed by atoms with Gasteiger partial charge in [0.25, 0.3) is 0 Å². The zero-order chi connectivity index (χ0) is 17.0. The van der Waals surface area contributed by atoms with Crippen molar-refractivity contribution in [3.05, 3.63) is 36.2 Å². The van der Waals surface area contributed by atoms with Crippen LogP contribution in [0.2, 0.25) is 0 Å². The van der Waals surface area contributed by atoms with Crippen LogP contribution in [0.4, 0.5) is 16.2 Å². The summed E-state index contributed by atoms with van der Waals surface area (Å²) < 4.78 is 12.6. The first kappa shape index (κ1) is 14.7. The summed E-state index contributed by atoms with van der Waals surface area (Å²) in [5.74, 6) is 0. The van der Waals surface area contributed by atoms with Crippen molar-refractivity contribution in [1.29, 1.82) is 0 Å². The molecule has 1 unspecified atom stereocenters. The number of fused-ring (bicyclic) bond motifs is 3. The third-order valence-electron chi connectivity index (χ3n) is 5.35. The molecule has 8 nitrogen and oxygen atoms in total. The maximum atomic E-state index is 12.4. The van der Waals surface area contributed by atoms with Gasteiger partial charge in [-0.05, 0) is 30.2 Å². The Balaban J connectivity index is 1.37. The molecular weight excluding hydrogens is 322 g/mol. The van der Waals surface area contributed by atoms with Gasteiger partial charge in [0.15, 0.2) is 0 Å². The Labute approximate surface area is 144 Å². The summed E-state index contributed by atoms with van der Waals surface area (Å²) in [6.07, 6.45) is 4.04. The molecule has 25 heavy (non-hydrogen) atoms. The predicted molar refractivity (Wildman–Crippen MR) is 89.7 cm³/mol. The third-order valence-corrected chi connectivity index (χ3v) is 5.35. The number of nitrogens with zero attached hydrogens (tertiary/aromatic N) is 5. The van der Waals surface area contributed by atoms with Gasteiger partial charge in [-0.25, -0.2) is 9.48 Å². The van der Waals surface area contributed by atoms with E-state index < -0.39 is 0 Å². The zero-order valence-electron chi connectivity index (χ0n) is 13.9. The number of carbonyl (C=O) groups is 1. The molecule has 2 saturated heterocycles. The van der Waals surface area contributed by atoms with Gasteiger partial charge >= 0.3 is 6.09 Å². The van der Waals surface area contributed by atoms with E-state index in [9.17, 15) is 4.79 Å². The number of rotatable bonds is 4. The Hall–Kier alpha value is -2.61. The molecule has 8 heteroatoms. The number of hydrogen-bond acceptors (Lipinski definition) is 6. The second-order valence-corrected chi connectivity index (χ2v) is 6.76. The van der Waals surface area contributed by atoms with Gasteiger partial charge in [-0.3, -0.25) is 4.90 Å². The van der Waals surface area contributed by atoms with Crippen LogP contribution in [-0.2, 0) is 22.4 Å². The molecule has 1 amide bonds. The monoisotopic (exact) mass is 341 g/mol. The molecule has 0 saturated carbocycles. The lowest BCUT2D eigenvalue weighted by Crippen LogP contribution is -2.51. The molecule has 0 spiro atoms. The highest BCUT2D eigenvalue weighted by Gasteiger charge is 2.47. The highest BCUT2D eigenvalue weighted by Crippen LogP contribution is 2.41. The summed E-state index contributed by atoms with van der Waals surface area (Å²) in [6.45, 7) is 2.36. The SMILES string of the molecule is COC1CN(c2ccc3c(c2)C[C@H]2C(Cn4ccnn4)OC(=O)N32)C1. The van der Waals surface area contributed by atoms with Gasteiger partial charge in [0.1, 0.15) is 6.10 Å². The van der Waals surface area contributed by atoms with Gasteiger partial charge in [-0.15, -0.1) is 5.10 Å². The first-order valence-corrected chi connectivity index (χ1v) is 8.47. The number of amides is 1. The van der Waals surface area contributed by atoms with Gasteiger partial charge in [0, 0.05) is 32.1 Å². The Bertz CT molecular complexity index is 803. The van der Waals surface area contributed by atoms with Crippen molar-refractivity contribution in [2.45, 2.75) is 31.2 Å². The summed E-state index contributed by atoms with van der Waals surface area (Å²) in [4.78, 5) is 16.4. The van der Waals surface area contributed by atoms with Gasteiger partial charge in [-0.2, -0.15) is 0 Å². The Morgan fingerprint density at radius 3 is 3.00 bits per heavy atom. The van der Waals surface area contributed by atoms with Crippen LogP contribution in [0, 0.1) is 0 Å². The fraction of sp³-hybridized carbons (Fsp3) is 0.471. The maximum Gasteiger partial charge on any atom is 0.415 e. The summed E-state index contributed by atoms with van der Waals surface area (Å²) in [6, 6.07) is 6.32. The second kappa shape index (κ2) is 5.45. The average molecular weight is 341 g/mol. The minimum Gasteiger partial charge on any atom is -0.442 e. The number of carbonyl (C=O) groups excluding carboxylic acids is 1. The lowest BCUT2D eigenvalue weighted by Gasteiger charge is -2.40. The molecule has 0 N–H and O–H groups in total. The molecular formula is C17H19N5O3. The van der Waals surface area contributed by atoms with Gasteiger partial charge in [-0.1, -0.05) is 5.21 Å². The van der Waals surface area contributed by atoms with Crippen molar-refractivity contribution >= 4 is 17.5 Å². The molecule has 0 bridgehead atoms. The molecule has 0 radical (unpaired) electrons. The molecule has 3 aliphatic rings.